The Morgan fingerprint density at radius 3 is 2.50 bits per heavy atom. The molecule has 2 aromatic rings. The number of fused-ring (bicyclic) bond motifs is 2. The van der Waals surface area contributed by atoms with Gasteiger partial charge in [0.2, 0.25) is 6.79 Å². The average molecular weight is 348 g/mol. The predicted molar refractivity (Wildman–Crippen MR) is 93.6 cm³/mol. The van der Waals surface area contributed by atoms with E-state index in [1.54, 1.807) is 14.2 Å². The molecule has 0 bridgehead atoms. The molecule has 0 N–H and O–H groups in total. The topological polar surface area (TPSA) is 49.3 Å². The second-order valence-corrected chi connectivity index (χ2v) is 5.41. The summed E-state index contributed by atoms with van der Waals surface area (Å²) in [5.41, 5.74) is 4.26. The molecule has 126 valence electrons. The molecular weight excluding hydrogens is 330 g/mol. The SMILES string of the molecule is COc1cc2c(cc1OC)C(c1ccc3c(c1)OCO3)=NCC2.Cl. The van der Waals surface area contributed by atoms with Crippen LogP contribution in [0.3, 0.4) is 0 Å². The maximum absolute atomic E-state index is 5.48. The first kappa shape index (κ1) is 16.5. The summed E-state index contributed by atoms with van der Waals surface area (Å²) in [4.78, 5) is 4.72. The Hall–Kier alpha value is -2.40. The van der Waals surface area contributed by atoms with E-state index in [1.807, 2.05) is 30.3 Å². The highest BCUT2D eigenvalue weighted by Crippen LogP contribution is 2.36. The number of benzene rings is 2. The Labute approximate surface area is 146 Å². The number of nitrogens with zero attached hydrogens (tertiary/aromatic N) is 1. The van der Waals surface area contributed by atoms with Gasteiger partial charge in [-0.05, 0) is 42.3 Å². The summed E-state index contributed by atoms with van der Waals surface area (Å²) in [5.74, 6) is 3.00. The van der Waals surface area contributed by atoms with Crippen LogP contribution in [0.25, 0.3) is 0 Å². The zero-order valence-corrected chi connectivity index (χ0v) is 14.3. The highest BCUT2D eigenvalue weighted by Gasteiger charge is 2.22. The molecule has 4 rings (SSSR count). The van der Waals surface area contributed by atoms with Crippen molar-refractivity contribution in [2.45, 2.75) is 6.42 Å². The first-order valence-corrected chi connectivity index (χ1v) is 7.50. The van der Waals surface area contributed by atoms with Gasteiger partial charge in [0.25, 0.3) is 0 Å². The van der Waals surface area contributed by atoms with Gasteiger partial charge in [0.05, 0.1) is 19.9 Å². The van der Waals surface area contributed by atoms with Gasteiger partial charge in [-0.2, -0.15) is 0 Å². The zero-order valence-electron chi connectivity index (χ0n) is 13.5. The molecule has 2 aliphatic rings. The van der Waals surface area contributed by atoms with E-state index in [4.69, 9.17) is 23.9 Å². The largest absolute Gasteiger partial charge is 0.493 e. The molecular formula is C18H18ClNO4. The van der Waals surface area contributed by atoms with Crippen LogP contribution in [0.1, 0.15) is 16.7 Å². The molecule has 0 saturated heterocycles. The van der Waals surface area contributed by atoms with Crippen LogP contribution in [0, 0.1) is 0 Å². The van der Waals surface area contributed by atoms with Crippen LogP contribution in [-0.4, -0.2) is 33.3 Å². The van der Waals surface area contributed by atoms with Crippen molar-refractivity contribution >= 4 is 18.1 Å². The number of aliphatic imine (C=N–C) groups is 1. The molecule has 2 heterocycles. The van der Waals surface area contributed by atoms with E-state index < -0.39 is 0 Å². The smallest absolute Gasteiger partial charge is 0.231 e. The van der Waals surface area contributed by atoms with Gasteiger partial charge in [0, 0.05) is 17.7 Å². The Bertz CT molecular complexity index is 804. The lowest BCUT2D eigenvalue weighted by molar-refractivity contribution is 0.174. The molecule has 0 radical (unpaired) electrons. The summed E-state index contributed by atoms with van der Waals surface area (Å²) >= 11 is 0. The van der Waals surface area contributed by atoms with Crippen molar-refractivity contribution in [2.24, 2.45) is 4.99 Å². The summed E-state index contributed by atoms with van der Waals surface area (Å²) in [6.45, 7) is 1.03. The minimum atomic E-state index is 0. The van der Waals surface area contributed by atoms with Gasteiger partial charge in [-0.3, -0.25) is 4.99 Å². The highest BCUT2D eigenvalue weighted by atomic mass is 35.5. The molecule has 0 aromatic heterocycles. The Morgan fingerprint density at radius 1 is 0.958 bits per heavy atom. The molecule has 5 nitrogen and oxygen atoms in total. The normalized spacial score (nSPS) is 14.3. The maximum atomic E-state index is 5.48. The summed E-state index contributed by atoms with van der Waals surface area (Å²) in [6, 6.07) is 9.95. The molecule has 0 spiro atoms. The highest BCUT2D eigenvalue weighted by molar-refractivity contribution is 6.15. The number of hydrogen-bond donors (Lipinski definition) is 0. The molecule has 0 fully saturated rings. The quantitative estimate of drug-likeness (QED) is 0.855. The van der Waals surface area contributed by atoms with Crippen molar-refractivity contribution in [1.82, 2.24) is 0 Å². The van der Waals surface area contributed by atoms with Crippen molar-refractivity contribution in [1.29, 1.82) is 0 Å². The van der Waals surface area contributed by atoms with E-state index in [2.05, 4.69) is 0 Å². The minimum absolute atomic E-state index is 0. The second-order valence-electron chi connectivity index (χ2n) is 5.41. The number of rotatable bonds is 3. The van der Waals surface area contributed by atoms with Gasteiger partial charge in [0.1, 0.15) is 0 Å². The monoisotopic (exact) mass is 347 g/mol. The van der Waals surface area contributed by atoms with Gasteiger partial charge < -0.3 is 18.9 Å². The average Bonchev–Trinajstić information content (AvgIpc) is 3.07. The van der Waals surface area contributed by atoms with Gasteiger partial charge in [-0.1, -0.05) is 0 Å². The van der Waals surface area contributed by atoms with Crippen LogP contribution < -0.4 is 18.9 Å². The lowest BCUT2D eigenvalue weighted by Crippen LogP contribution is -2.14. The molecule has 0 amide bonds. The fraction of sp³-hybridized carbons (Fsp3) is 0.278. The van der Waals surface area contributed by atoms with Crippen LogP contribution in [0.4, 0.5) is 0 Å². The predicted octanol–water partition coefficient (Wildman–Crippen LogP) is 3.25. The number of halogens is 1. The van der Waals surface area contributed by atoms with Crippen molar-refractivity contribution < 1.29 is 18.9 Å². The maximum Gasteiger partial charge on any atom is 0.231 e. The molecule has 24 heavy (non-hydrogen) atoms. The van der Waals surface area contributed by atoms with E-state index in [9.17, 15) is 0 Å². The zero-order chi connectivity index (χ0) is 15.8. The van der Waals surface area contributed by atoms with Crippen LogP contribution in [-0.2, 0) is 6.42 Å². The number of methoxy groups -OCH3 is 2. The number of ether oxygens (including phenoxy) is 4. The van der Waals surface area contributed by atoms with E-state index >= 15 is 0 Å². The van der Waals surface area contributed by atoms with Gasteiger partial charge in [-0.15, -0.1) is 12.4 Å². The minimum Gasteiger partial charge on any atom is -0.493 e. The lowest BCUT2D eigenvalue weighted by Gasteiger charge is -2.20. The third kappa shape index (κ3) is 2.65. The van der Waals surface area contributed by atoms with Crippen molar-refractivity contribution in [2.75, 3.05) is 27.6 Å². The summed E-state index contributed by atoms with van der Waals surface area (Å²) in [7, 11) is 3.30. The van der Waals surface area contributed by atoms with Crippen LogP contribution in [0.2, 0.25) is 0 Å². The van der Waals surface area contributed by atoms with Gasteiger partial charge in [0.15, 0.2) is 23.0 Å². The van der Waals surface area contributed by atoms with Crippen molar-refractivity contribution in [3.63, 3.8) is 0 Å². The molecule has 0 aliphatic carbocycles. The fourth-order valence-electron chi connectivity index (χ4n) is 3.01. The first-order chi connectivity index (χ1) is 11.3. The second kappa shape index (κ2) is 6.61. The van der Waals surface area contributed by atoms with E-state index in [0.29, 0.717) is 5.75 Å². The summed E-state index contributed by atoms with van der Waals surface area (Å²) in [6.07, 6.45) is 0.893. The molecule has 2 aromatic carbocycles. The van der Waals surface area contributed by atoms with Crippen molar-refractivity contribution in [3.05, 3.63) is 47.0 Å². The van der Waals surface area contributed by atoms with E-state index in [-0.39, 0.29) is 19.2 Å². The first-order valence-electron chi connectivity index (χ1n) is 7.50. The van der Waals surface area contributed by atoms with Crippen LogP contribution in [0.5, 0.6) is 23.0 Å². The van der Waals surface area contributed by atoms with Crippen LogP contribution >= 0.6 is 12.4 Å². The molecule has 0 saturated carbocycles. The summed E-state index contributed by atoms with van der Waals surface area (Å²) < 4.78 is 21.7. The molecule has 0 atom stereocenters. The number of hydrogen-bond acceptors (Lipinski definition) is 5. The summed E-state index contributed by atoms with van der Waals surface area (Å²) in [5, 5.41) is 0. The Balaban J connectivity index is 0.00000169. The Kier molecular flexibility index (Phi) is 4.53. The van der Waals surface area contributed by atoms with Gasteiger partial charge in [-0.25, -0.2) is 0 Å². The van der Waals surface area contributed by atoms with E-state index in [0.717, 1.165) is 47.1 Å². The lowest BCUT2D eigenvalue weighted by atomic mass is 9.92. The van der Waals surface area contributed by atoms with Crippen LogP contribution in [0.15, 0.2) is 35.3 Å². The Morgan fingerprint density at radius 2 is 1.71 bits per heavy atom. The van der Waals surface area contributed by atoms with Gasteiger partial charge >= 0.3 is 0 Å². The van der Waals surface area contributed by atoms with E-state index in [1.165, 1.54) is 5.56 Å². The third-order valence-electron chi connectivity index (χ3n) is 4.16. The van der Waals surface area contributed by atoms with Crippen molar-refractivity contribution in [3.8, 4) is 23.0 Å². The molecule has 0 unspecified atom stereocenters. The molecule has 2 aliphatic heterocycles. The fourth-order valence-corrected chi connectivity index (χ4v) is 3.01. The molecule has 6 heteroatoms. The standard InChI is InChI=1S/C18H17NO4.ClH/c1-20-15-7-11-5-6-19-18(13(11)9-16(15)21-2)12-3-4-14-17(8-12)23-10-22-14;/h3-4,7-9H,5-6,10H2,1-2H3;1H. The third-order valence-corrected chi connectivity index (χ3v) is 4.16.